The highest BCUT2D eigenvalue weighted by Gasteiger charge is 2.52. The van der Waals surface area contributed by atoms with Crippen molar-refractivity contribution in [2.75, 3.05) is 13.2 Å². The first-order valence-electron chi connectivity index (χ1n) is 14.4. The van der Waals surface area contributed by atoms with E-state index in [9.17, 15) is 19.5 Å². The van der Waals surface area contributed by atoms with E-state index in [0.717, 1.165) is 22.3 Å². The van der Waals surface area contributed by atoms with E-state index in [-0.39, 0.29) is 24.7 Å². The summed E-state index contributed by atoms with van der Waals surface area (Å²) >= 11 is 0. The van der Waals surface area contributed by atoms with Gasteiger partial charge in [-0.3, -0.25) is 0 Å². The number of aromatic carboxylic acids is 1. The number of ether oxygens (including phenoxy) is 1. The highest BCUT2D eigenvalue weighted by molar-refractivity contribution is 6.56. The molecule has 1 aliphatic carbocycles. The lowest BCUT2D eigenvalue weighted by Gasteiger charge is -2.32. The SMILES string of the molecule is CC1(C)OB(C(=Cc2ccc3oc(=O)c(C(=O)O)cc3c2)CNC(=O)OCC2c3ccccc3-c3ccccc32)OC1(C)C. The Morgan fingerprint density at radius 1 is 0.932 bits per heavy atom. The number of alkyl carbamates (subject to hydrolysis) is 1. The summed E-state index contributed by atoms with van der Waals surface area (Å²) in [6, 6.07) is 22.6. The lowest BCUT2D eigenvalue weighted by molar-refractivity contribution is 0.00578. The van der Waals surface area contributed by atoms with Gasteiger partial charge in [-0.1, -0.05) is 60.7 Å². The van der Waals surface area contributed by atoms with E-state index in [1.165, 1.54) is 6.07 Å². The first-order valence-corrected chi connectivity index (χ1v) is 14.4. The van der Waals surface area contributed by atoms with Crippen LogP contribution >= 0.6 is 0 Å². The summed E-state index contributed by atoms with van der Waals surface area (Å²) in [4.78, 5) is 36.5. The summed E-state index contributed by atoms with van der Waals surface area (Å²) in [7, 11) is -0.770. The van der Waals surface area contributed by atoms with Crippen LogP contribution in [0, 0.1) is 0 Å². The van der Waals surface area contributed by atoms with Crippen LogP contribution < -0.4 is 10.9 Å². The van der Waals surface area contributed by atoms with Gasteiger partial charge < -0.3 is 28.9 Å². The number of fused-ring (bicyclic) bond motifs is 4. The zero-order valence-corrected chi connectivity index (χ0v) is 24.9. The molecule has 0 bridgehead atoms. The number of carboxylic acids is 1. The van der Waals surface area contributed by atoms with Crippen LogP contribution in [0.2, 0.25) is 0 Å². The van der Waals surface area contributed by atoms with Crippen molar-refractivity contribution in [2.24, 2.45) is 0 Å². The topological polar surface area (TPSA) is 124 Å². The third-order valence-corrected chi connectivity index (χ3v) is 8.68. The minimum absolute atomic E-state index is 0.0653. The Hall–Kier alpha value is -4.67. The number of hydrogen-bond acceptors (Lipinski definition) is 7. The molecule has 0 spiro atoms. The van der Waals surface area contributed by atoms with Gasteiger partial charge in [-0.05, 0) is 79.2 Å². The first-order chi connectivity index (χ1) is 20.9. The number of carbonyl (C=O) groups is 2. The molecule has 4 aromatic rings. The number of benzene rings is 3. The van der Waals surface area contributed by atoms with Gasteiger partial charge in [0, 0.05) is 17.8 Å². The number of carboxylic acid groups (broad SMARTS) is 1. The molecule has 9 nitrogen and oxygen atoms in total. The highest BCUT2D eigenvalue weighted by Crippen LogP contribution is 2.44. The second-order valence-corrected chi connectivity index (χ2v) is 12.0. The summed E-state index contributed by atoms with van der Waals surface area (Å²) in [6.07, 6.45) is 1.22. The molecule has 2 aliphatic rings. The fourth-order valence-electron chi connectivity index (χ4n) is 5.62. The van der Waals surface area contributed by atoms with Gasteiger partial charge in [-0.25, -0.2) is 14.4 Å². The average Bonchev–Trinajstić information content (AvgIpc) is 3.42. The molecule has 1 fully saturated rings. The molecule has 1 saturated heterocycles. The summed E-state index contributed by atoms with van der Waals surface area (Å²) < 4.78 is 23.5. The quantitative estimate of drug-likeness (QED) is 0.196. The van der Waals surface area contributed by atoms with Crippen LogP contribution in [0.3, 0.4) is 0 Å². The van der Waals surface area contributed by atoms with Gasteiger partial charge in [0.1, 0.15) is 17.8 Å². The smallest absolute Gasteiger partial charge is 0.477 e. The second kappa shape index (κ2) is 11.1. The van der Waals surface area contributed by atoms with Crippen molar-refractivity contribution in [1.82, 2.24) is 5.32 Å². The number of amides is 1. The molecule has 2 N–H and O–H groups in total. The first kappa shape index (κ1) is 29.4. The van der Waals surface area contributed by atoms with E-state index in [2.05, 4.69) is 29.6 Å². The number of hydrogen-bond donors (Lipinski definition) is 2. The van der Waals surface area contributed by atoms with Crippen molar-refractivity contribution in [3.63, 3.8) is 0 Å². The van der Waals surface area contributed by atoms with Crippen LogP contribution in [0.1, 0.15) is 60.7 Å². The molecule has 1 aliphatic heterocycles. The molecule has 1 aromatic heterocycles. The van der Waals surface area contributed by atoms with Gasteiger partial charge in [-0.15, -0.1) is 0 Å². The van der Waals surface area contributed by atoms with E-state index in [4.69, 9.17) is 18.5 Å². The van der Waals surface area contributed by atoms with Crippen LogP contribution in [0.5, 0.6) is 0 Å². The zero-order chi connectivity index (χ0) is 31.2. The molecule has 0 unspecified atom stereocenters. The van der Waals surface area contributed by atoms with E-state index in [0.29, 0.717) is 16.4 Å². The van der Waals surface area contributed by atoms with Crippen LogP contribution in [0.25, 0.3) is 28.2 Å². The summed E-state index contributed by atoms with van der Waals surface area (Å²) in [5.41, 5.74) is 3.46. The molecule has 10 heteroatoms. The molecule has 6 rings (SSSR count). The second-order valence-electron chi connectivity index (χ2n) is 12.0. The van der Waals surface area contributed by atoms with Gasteiger partial charge >= 0.3 is 24.8 Å². The van der Waals surface area contributed by atoms with E-state index < -0.39 is 41.6 Å². The Bertz CT molecular complexity index is 1810. The van der Waals surface area contributed by atoms with E-state index >= 15 is 0 Å². The Balaban J connectivity index is 1.23. The predicted octanol–water partition coefficient (Wildman–Crippen LogP) is 6.04. The monoisotopic (exact) mass is 593 g/mol. The molecular formula is C34H32BNO8. The van der Waals surface area contributed by atoms with Crippen molar-refractivity contribution in [2.45, 2.75) is 44.8 Å². The van der Waals surface area contributed by atoms with Gasteiger partial charge in [0.05, 0.1) is 11.2 Å². The maximum atomic E-state index is 13.0. The molecule has 0 radical (unpaired) electrons. The Labute approximate surface area is 254 Å². The third-order valence-electron chi connectivity index (χ3n) is 8.68. The molecular weight excluding hydrogens is 561 g/mol. The number of rotatable bonds is 7. The fraction of sp³-hybridized carbons (Fsp3) is 0.265. The molecule has 224 valence electrons. The molecule has 3 aromatic carbocycles. The van der Waals surface area contributed by atoms with Gasteiger partial charge in [0.2, 0.25) is 0 Å². The lowest BCUT2D eigenvalue weighted by Crippen LogP contribution is -2.41. The van der Waals surface area contributed by atoms with Crippen molar-refractivity contribution < 1.29 is 33.2 Å². The number of nitrogens with one attached hydrogen (secondary N) is 1. The van der Waals surface area contributed by atoms with Crippen molar-refractivity contribution in [3.05, 3.63) is 111 Å². The lowest BCUT2D eigenvalue weighted by atomic mass is 9.77. The predicted molar refractivity (Wildman–Crippen MR) is 167 cm³/mol. The molecule has 1 amide bonds. The van der Waals surface area contributed by atoms with Crippen molar-refractivity contribution in [1.29, 1.82) is 0 Å². The maximum absolute atomic E-state index is 13.0. The minimum Gasteiger partial charge on any atom is -0.477 e. The van der Waals surface area contributed by atoms with Gasteiger partial charge in [0.15, 0.2) is 0 Å². The normalized spacial score (nSPS) is 16.9. The fourth-order valence-corrected chi connectivity index (χ4v) is 5.62. The third kappa shape index (κ3) is 5.42. The highest BCUT2D eigenvalue weighted by atomic mass is 16.7. The Morgan fingerprint density at radius 2 is 1.55 bits per heavy atom. The summed E-state index contributed by atoms with van der Waals surface area (Å²) in [5, 5.41) is 12.6. The van der Waals surface area contributed by atoms with Crippen LogP contribution in [-0.2, 0) is 14.0 Å². The maximum Gasteiger partial charge on any atom is 0.492 e. The average molecular weight is 593 g/mol. The molecule has 44 heavy (non-hydrogen) atoms. The number of carbonyl (C=O) groups excluding carboxylic acids is 1. The van der Waals surface area contributed by atoms with Crippen LogP contribution in [-0.4, -0.2) is 48.6 Å². The van der Waals surface area contributed by atoms with Crippen LogP contribution in [0.15, 0.2) is 87.5 Å². The molecule has 2 heterocycles. The minimum atomic E-state index is -1.37. The Kier molecular flexibility index (Phi) is 7.43. The summed E-state index contributed by atoms with van der Waals surface area (Å²) in [6.45, 7) is 8.00. The zero-order valence-electron chi connectivity index (χ0n) is 24.9. The molecule has 0 saturated carbocycles. The van der Waals surface area contributed by atoms with Crippen molar-refractivity contribution in [3.8, 4) is 11.1 Å². The summed E-state index contributed by atoms with van der Waals surface area (Å²) in [5.74, 6) is -1.44. The largest absolute Gasteiger partial charge is 0.492 e. The van der Waals surface area contributed by atoms with E-state index in [1.54, 1.807) is 24.3 Å². The van der Waals surface area contributed by atoms with Gasteiger partial charge in [0.25, 0.3) is 0 Å². The van der Waals surface area contributed by atoms with Crippen molar-refractivity contribution >= 4 is 36.2 Å². The molecule has 0 atom stereocenters. The van der Waals surface area contributed by atoms with Crippen LogP contribution in [0.4, 0.5) is 4.79 Å². The van der Waals surface area contributed by atoms with E-state index in [1.807, 2.05) is 52.0 Å². The van der Waals surface area contributed by atoms with Gasteiger partial charge in [-0.2, -0.15) is 0 Å². The Morgan fingerprint density at radius 3 is 2.16 bits per heavy atom. The standard InChI is InChI=1S/C34H32BNO8/c1-33(2)34(3,4)44-35(43-33)22(16-20-13-14-29-21(15-20)17-27(30(37)38)31(39)42-29)18-36-32(40)41-19-28-25-11-7-5-9-23(25)24-10-6-8-12-26(24)28/h5-17,28H,18-19H2,1-4H3,(H,36,40)(H,37,38).